The number of amides is 1. The molecular formula is C23H24N2O4S. The first-order chi connectivity index (χ1) is 14.7. The molecule has 0 fully saturated rings. The molecule has 30 heavy (non-hydrogen) atoms. The van der Waals surface area contributed by atoms with Crippen molar-refractivity contribution < 1.29 is 18.7 Å². The molecule has 0 atom stereocenters. The van der Waals surface area contributed by atoms with Crippen LogP contribution in [0.15, 0.2) is 46.0 Å². The molecule has 1 aliphatic carbocycles. The van der Waals surface area contributed by atoms with Crippen LogP contribution in [0.4, 0.5) is 5.00 Å². The predicted octanol–water partition coefficient (Wildman–Crippen LogP) is 4.92. The summed E-state index contributed by atoms with van der Waals surface area (Å²) < 4.78 is 16.1. The molecule has 0 saturated carbocycles. The maximum atomic E-state index is 13.1. The zero-order valence-corrected chi connectivity index (χ0v) is 17.9. The van der Waals surface area contributed by atoms with Gasteiger partial charge in [0.25, 0.3) is 5.91 Å². The second-order valence-electron chi connectivity index (χ2n) is 7.02. The predicted molar refractivity (Wildman–Crippen MR) is 118 cm³/mol. The van der Waals surface area contributed by atoms with E-state index in [1.54, 1.807) is 38.0 Å². The van der Waals surface area contributed by atoms with Crippen molar-refractivity contribution in [2.24, 2.45) is 4.99 Å². The third kappa shape index (κ3) is 4.26. The number of benzene rings is 1. The van der Waals surface area contributed by atoms with Crippen LogP contribution in [0.3, 0.4) is 0 Å². The zero-order valence-electron chi connectivity index (χ0n) is 17.1. The Morgan fingerprint density at radius 1 is 1.23 bits per heavy atom. The average molecular weight is 425 g/mol. The van der Waals surface area contributed by atoms with E-state index in [4.69, 9.17) is 18.9 Å². The third-order valence-corrected chi connectivity index (χ3v) is 6.34. The molecule has 1 aromatic carbocycles. The highest BCUT2D eigenvalue weighted by atomic mass is 32.1. The van der Waals surface area contributed by atoms with E-state index in [9.17, 15) is 4.79 Å². The Kier molecular flexibility index (Phi) is 6.18. The second-order valence-corrected chi connectivity index (χ2v) is 8.10. The standard InChI is InChI=1S/C23H24N2O4S/c1-27-16-9-10-19(28-2)15(12-16)13-25-23-21(18-7-3-4-8-20(18)30-23)22(26)24-14-17-6-5-11-29-17/h5-6,9-13H,3-4,7-8,14H2,1-2H3,(H,24,26). The van der Waals surface area contributed by atoms with Crippen molar-refractivity contribution in [3.05, 3.63) is 63.9 Å². The van der Waals surface area contributed by atoms with E-state index in [2.05, 4.69) is 5.32 Å². The Hall–Kier alpha value is -3.06. The van der Waals surface area contributed by atoms with Crippen LogP contribution in [0.25, 0.3) is 0 Å². The molecule has 0 saturated heterocycles. The van der Waals surface area contributed by atoms with Gasteiger partial charge in [0.1, 0.15) is 22.3 Å². The number of carbonyl (C=O) groups excluding carboxylic acids is 1. The topological polar surface area (TPSA) is 73.1 Å². The molecule has 0 unspecified atom stereocenters. The Balaban J connectivity index is 1.65. The molecule has 0 bridgehead atoms. The monoisotopic (exact) mass is 424 g/mol. The van der Waals surface area contributed by atoms with Crippen LogP contribution < -0.4 is 14.8 Å². The molecule has 7 heteroatoms. The molecule has 0 aliphatic heterocycles. The molecule has 1 N–H and O–H groups in total. The van der Waals surface area contributed by atoms with Crippen molar-refractivity contribution in [3.8, 4) is 11.5 Å². The fourth-order valence-electron chi connectivity index (χ4n) is 3.61. The largest absolute Gasteiger partial charge is 0.497 e. The first-order valence-electron chi connectivity index (χ1n) is 9.91. The van der Waals surface area contributed by atoms with Gasteiger partial charge in [0.15, 0.2) is 0 Å². The van der Waals surface area contributed by atoms with Gasteiger partial charge >= 0.3 is 0 Å². The van der Waals surface area contributed by atoms with Crippen LogP contribution >= 0.6 is 11.3 Å². The number of hydrogen-bond acceptors (Lipinski definition) is 6. The van der Waals surface area contributed by atoms with Gasteiger partial charge in [0.05, 0.1) is 32.6 Å². The summed E-state index contributed by atoms with van der Waals surface area (Å²) in [6.07, 6.45) is 7.49. The van der Waals surface area contributed by atoms with E-state index in [-0.39, 0.29) is 5.91 Å². The second kappa shape index (κ2) is 9.17. The molecule has 6 nitrogen and oxygen atoms in total. The highest BCUT2D eigenvalue weighted by Gasteiger charge is 2.25. The molecule has 156 valence electrons. The van der Waals surface area contributed by atoms with Crippen LogP contribution in [0.1, 0.15) is 45.0 Å². The van der Waals surface area contributed by atoms with Crippen molar-refractivity contribution in [3.63, 3.8) is 0 Å². The SMILES string of the molecule is COc1ccc(OC)c(C=Nc2sc3c(c2C(=O)NCc2ccco2)CCCC3)c1. The highest BCUT2D eigenvalue weighted by Crippen LogP contribution is 2.40. The molecule has 0 radical (unpaired) electrons. The van der Waals surface area contributed by atoms with Crippen LogP contribution in [0.5, 0.6) is 11.5 Å². The number of aryl methyl sites for hydroxylation is 1. The summed E-state index contributed by atoms with van der Waals surface area (Å²) in [6, 6.07) is 9.21. The number of fused-ring (bicyclic) bond motifs is 1. The summed E-state index contributed by atoms with van der Waals surface area (Å²) >= 11 is 1.60. The molecule has 4 rings (SSSR count). The lowest BCUT2D eigenvalue weighted by Gasteiger charge is -2.12. The maximum Gasteiger partial charge on any atom is 0.255 e. The van der Waals surface area contributed by atoms with Crippen molar-refractivity contribution in [1.82, 2.24) is 5.32 Å². The van der Waals surface area contributed by atoms with Gasteiger partial charge in [-0.2, -0.15) is 0 Å². The molecule has 1 aliphatic rings. The summed E-state index contributed by atoms with van der Waals surface area (Å²) in [4.78, 5) is 19.0. The third-order valence-electron chi connectivity index (χ3n) is 5.14. The lowest BCUT2D eigenvalue weighted by atomic mass is 9.95. The van der Waals surface area contributed by atoms with Gasteiger partial charge in [-0.25, -0.2) is 4.99 Å². The minimum absolute atomic E-state index is 0.115. The van der Waals surface area contributed by atoms with Gasteiger partial charge in [0.2, 0.25) is 0 Å². The summed E-state index contributed by atoms with van der Waals surface area (Å²) in [5.41, 5.74) is 2.61. The summed E-state index contributed by atoms with van der Waals surface area (Å²) in [5, 5.41) is 3.70. The number of furan rings is 1. The molecule has 3 aromatic rings. The van der Waals surface area contributed by atoms with Crippen LogP contribution in [0, 0.1) is 0 Å². The number of nitrogens with one attached hydrogen (secondary N) is 1. The minimum atomic E-state index is -0.115. The molecule has 2 heterocycles. The van der Waals surface area contributed by atoms with Crippen molar-refractivity contribution in [1.29, 1.82) is 0 Å². The fraction of sp³-hybridized carbons (Fsp3) is 0.304. The molecular weight excluding hydrogens is 400 g/mol. The number of thiophene rings is 1. The van der Waals surface area contributed by atoms with E-state index in [1.165, 1.54) is 4.88 Å². The zero-order chi connectivity index (χ0) is 20.9. The number of aliphatic imine (C=N–C) groups is 1. The van der Waals surface area contributed by atoms with E-state index >= 15 is 0 Å². The number of hydrogen-bond donors (Lipinski definition) is 1. The Labute approximate surface area is 179 Å². The maximum absolute atomic E-state index is 13.1. The van der Waals surface area contributed by atoms with Crippen LogP contribution in [-0.2, 0) is 19.4 Å². The lowest BCUT2D eigenvalue weighted by molar-refractivity contribution is 0.0948. The normalized spacial score (nSPS) is 13.3. The summed E-state index contributed by atoms with van der Waals surface area (Å²) in [7, 11) is 3.24. The number of carbonyl (C=O) groups is 1. The Bertz CT molecular complexity index is 1050. The van der Waals surface area contributed by atoms with E-state index in [0.29, 0.717) is 17.9 Å². The number of rotatable bonds is 7. The summed E-state index contributed by atoms with van der Waals surface area (Å²) in [5.74, 6) is 2.03. The highest BCUT2D eigenvalue weighted by molar-refractivity contribution is 7.16. The van der Waals surface area contributed by atoms with Crippen LogP contribution in [-0.4, -0.2) is 26.3 Å². The molecule has 1 amide bonds. The first kappa shape index (κ1) is 20.2. The fourth-order valence-corrected chi connectivity index (χ4v) is 4.84. The first-order valence-corrected chi connectivity index (χ1v) is 10.7. The van der Waals surface area contributed by atoms with E-state index in [1.807, 2.05) is 30.3 Å². The Morgan fingerprint density at radius 2 is 2.10 bits per heavy atom. The minimum Gasteiger partial charge on any atom is -0.497 e. The van der Waals surface area contributed by atoms with Gasteiger partial charge in [-0.3, -0.25) is 4.79 Å². The van der Waals surface area contributed by atoms with Crippen LogP contribution in [0.2, 0.25) is 0 Å². The van der Waals surface area contributed by atoms with Gasteiger partial charge < -0.3 is 19.2 Å². The van der Waals surface area contributed by atoms with Crippen molar-refractivity contribution in [2.75, 3.05) is 14.2 Å². The average Bonchev–Trinajstić information content (AvgIpc) is 3.43. The summed E-state index contributed by atoms with van der Waals surface area (Å²) in [6.45, 7) is 0.351. The van der Waals surface area contributed by atoms with Gasteiger partial charge in [-0.15, -0.1) is 11.3 Å². The number of methoxy groups -OCH3 is 2. The molecule has 0 spiro atoms. The van der Waals surface area contributed by atoms with Gasteiger partial charge in [-0.1, -0.05) is 0 Å². The lowest BCUT2D eigenvalue weighted by Crippen LogP contribution is -2.23. The number of ether oxygens (including phenoxy) is 2. The van der Waals surface area contributed by atoms with E-state index in [0.717, 1.165) is 53.3 Å². The van der Waals surface area contributed by atoms with Gasteiger partial charge in [-0.05, 0) is 61.6 Å². The van der Waals surface area contributed by atoms with Crippen molar-refractivity contribution >= 4 is 28.5 Å². The van der Waals surface area contributed by atoms with E-state index < -0.39 is 0 Å². The quantitative estimate of drug-likeness (QED) is 0.547. The Morgan fingerprint density at radius 3 is 2.87 bits per heavy atom. The molecule has 2 aromatic heterocycles. The van der Waals surface area contributed by atoms with Crippen molar-refractivity contribution in [2.45, 2.75) is 32.2 Å². The number of nitrogens with zero attached hydrogens (tertiary/aromatic N) is 1. The smallest absolute Gasteiger partial charge is 0.255 e. The van der Waals surface area contributed by atoms with Gasteiger partial charge in [0, 0.05) is 16.7 Å².